The van der Waals surface area contributed by atoms with E-state index in [9.17, 15) is 18.0 Å². The number of nitrogens with one attached hydrogen (secondary N) is 1. The Kier molecular flexibility index (Phi) is 6.53. The number of rotatable bonds is 6. The zero-order valence-corrected chi connectivity index (χ0v) is 16.4. The summed E-state index contributed by atoms with van der Waals surface area (Å²) in [4.78, 5) is 28.2. The topological polar surface area (TPSA) is 106 Å². The van der Waals surface area contributed by atoms with Gasteiger partial charge < -0.3 is 10.1 Å². The van der Waals surface area contributed by atoms with Crippen LogP contribution in [-0.4, -0.2) is 49.8 Å². The average molecular weight is 412 g/mol. The molecule has 10 heteroatoms. The van der Waals surface area contributed by atoms with Crippen molar-refractivity contribution < 1.29 is 22.7 Å². The largest absolute Gasteiger partial charge is 0.449 e. The van der Waals surface area contributed by atoms with Crippen molar-refractivity contribution in [3.05, 3.63) is 53.2 Å². The fourth-order valence-electron chi connectivity index (χ4n) is 1.93. The second-order valence-corrected chi connectivity index (χ2v) is 8.30. The van der Waals surface area contributed by atoms with Gasteiger partial charge in [-0.05, 0) is 43.3 Å². The van der Waals surface area contributed by atoms with Crippen LogP contribution in [0.5, 0.6) is 0 Å². The number of benzene rings is 1. The molecule has 0 fully saturated rings. The van der Waals surface area contributed by atoms with Gasteiger partial charge in [0.2, 0.25) is 10.0 Å². The highest BCUT2D eigenvalue weighted by Crippen LogP contribution is 2.15. The molecule has 0 radical (unpaired) electrons. The molecule has 1 aromatic carbocycles. The molecule has 0 saturated carbocycles. The van der Waals surface area contributed by atoms with Crippen molar-refractivity contribution in [1.82, 2.24) is 9.29 Å². The van der Waals surface area contributed by atoms with Crippen LogP contribution in [0.2, 0.25) is 5.02 Å². The molecule has 1 N–H and O–H groups in total. The molecule has 1 aromatic heterocycles. The number of amides is 1. The molecule has 0 spiro atoms. The lowest BCUT2D eigenvalue weighted by Crippen LogP contribution is -2.30. The molecular weight excluding hydrogens is 394 g/mol. The summed E-state index contributed by atoms with van der Waals surface area (Å²) < 4.78 is 30.2. The van der Waals surface area contributed by atoms with E-state index in [0.717, 1.165) is 4.31 Å². The highest BCUT2D eigenvalue weighted by molar-refractivity contribution is 7.89. The Bertz CT molecular complexity index is 928. The highest BCUT2D eigenvalue weighted by atomic mass is 35.5. The standard InChI is InChI=1S/C17H18ClN3O5S/c1-11(16(22)20-15-9-6-13(18)10-19-15)26-17(23)12-4-7-14(8-5-12)27(24,25)21(2)3/h4-11H,1-3H3,(H,19,20,22)/t11-/m1/s1. The molecule has 0 aliphatic heterocycles. The molecule has 1 amide bonds. The number of aromatic nitrogens is 1. The van der Waals surface area contributed by atoms with Crippen molar-refractivity contribution in [1.29, 1.82) is 0 Å². The number of esters is 1. The minimum atomic E-state index is -3.59. The first kappa shape index (κ1) is 20.8. The van der Waals surface area contributed by atoms with E-state index in [1.807, 2.05) is 0 Å². The summed E-state index contributed by atoms with van der Waals surface area (Å²) >= 11 is 5.72. The van der Waals surface area contributed by atoms with Crippen molar-refractivity contribution >= 4 is 39.3 Å². The van der Waals surface area contributed by atoms with Gasteiger partial charge in [-0.25, -0.2) is 22.5 Å². The molecule has 0 aliphatic carbocycles. The number of carbonyl (C=O) groups is 2. The summed E-state index contributed by atoms with van der Waals surface area (Å²) in [6.45, 7) is 1.41. The van der Waals surface area contributed by atoms with Gasteiger partial charge in [0.1, 0.15) is 5.82 Å². The quantitative estimate of drug-likeness (QED) is 0.730. The normalized spacial score (nSPS) is 12.5. The molecule has 27 heavy (non-hydrogen) atoms. The summed E-state index contributed by atoms with van der Waals surface area (Å²) in [5.74, 6) is -1.05. The Morgan fingerprint density at radius 1 is 1.15 bits per heavy atom. The number of anilines is 1. The SMILES string of the molecule is C[C@@H](OC(=O)c1ccc(S(=O)(=O)N(C)C)cc1)C(=O)Nc1ccc(Cl)cn1. The van der Waals surface area contributed by atoms with Gasteiger partial charge >= 0.3 is 5.97 Å². The second kappa shape index (κ2) is 8.47. The minimum Gasteiger partial charge on any atom is -0.449 e. The maximum atomic E-state index is 12.2. The third-order valence-electron chi connectivity index (χ3n) is 3.50. The van der Waals surface area contributed by atoms with Crippen molar-refractivity contribution in [3.8, 4) is 0 Å². The summed E-state index contributed by atoms with van der Waals surface area (Å²) in [6, 6.07) is 8.32. The first-order chi connectivity index (χ1) is 12.6. The average Bonchev–Trinajstić information content (AvgIpc) is 2.63. The van der Waals surface area contributed by atoms with Crippen molar-refractivity contribution in [2.24, 2.45) is 0 Å². The number of hydrogen-bond acceptors (Lipinski definition) is 6. The third-order valence-corrected chi connectivity index (χ3v) is 5.55. The Hall–Kier alpha value is -2.49. The van der Waals surface area contributed by atoms with Crippen LogP contribution >= 0.6 is 11.6 Å². The molecular formula is C17H18ClN3O5S. The van der Waals surface area contributed by atoms with Gasteiger partial charge in [-0.1, -0.05) is 11.6 Å². The monoisotopic (exact) mass is 411 g/mol. The number of hydrogen-bond donors (Lipinski definition) is 1. The molecule has 0 unspecified atom stereocenters. The lowest BCUT2D eigenvalue weighted by Gasteiger charge is -2.14. The van der Waals surface area contributed by atoms with Crippen LogP contribution in [0.15, 0.2) is 47.5 Å². The Morgan fingerprint density at radius 3 is 2.30 bits per heavy atom. The van der Waals surface area contributed by atoms with Crippen LogP contribution in [0.1, 0.15) is 17.3 Å². The molecule has 1 atom stereocenters. The highest BCUT2D eigenvalue weighted by Gasteiger charge is 2.21. The zero-order valence-electron chi connectivity index (χ0n) is 14.8. The predicted molar refractivity (Wildman–Crippen MR) is 100 cm³/mol. The van der Waals surface area contributed by atoms with Crippen LogP contribution in [0.25, 0.3) is 0 Å². The fraction of sp³-hybridized carbons (Fsp3) is 0.235. The van der Waals surface area contributed by atoms with Crippen molar-refractivity contribution in [2.75, 3.05) is 19.4 Å². The number of sulfonamides is 1. The van der Waals surface area contributed by atoms with E-state index in [0.29, 0.717) is 5.02 Å². The maximum Gasteiger partial charge on any atom is 0.338 e. The van der Waals surface area contributed by atoms with Crippen molar-refractivity contribution in [2.45, 2.75) is 17.9 Å². The van der Waals surface area contributed by atoms with Gasteiger partial charge in [0.05, 0.1) is 15.5 Å². The fourth-order valence-corrected chi connectivity index (χ4v) is 2.95. The summed E-state index contributed by atoms with van der Waals surface area (Å²) in [6.07, 6.45) is 0.289. The van der Waals surface area contributed by atoms with Gasteiger partial charge in [0.25, 0.3) is 5.91 Å². The molecule has 1 heterocycles. The van der Waals surface area contributed by atoms with Crippen LogP contribution in [0, 0.1) is 0 Å². The van der Waals surface area contributed by atoms with E-state index in [-0.39, 0.29) is 16.3 Å². The zero-order chi connectivity index (χ0) is 20.2. The number of carbonyl (C=O) groups excluding carboxylic acids is 2. The Morgan fingerprint density at radius 2 is 1.78 bits per heavy atom. The van der Waals surface area contributed by atoms with Gasteiger partial charge in [-0.2, -0.15) is 0 Å². The number of pyridine rings is 1. The number of nitrogens with zero attached hydrogens (tertiary/aromatic N) is 2. The molecule has 144 valence electrons. The summed E-state index contributed by atoms with van der Waals surface area (Å²) in [7, 11) is -0.773. The summed E-state index contributed by atoms with van der Waals surface area (Å²) in [5.41, 5.74) is 0.122. The van der Waals surface area contributed by atoms with Crippen LogP contribution in [0.4, 0.5) is 5.82 Å². The Balaban J connectivity index is 2.01. The third kappa shape index (κ3) is 5.25. The van der Waals surface area contributed by atoms with E-state index in [1.54, 1.807) is 6.07 Å². The van der Waals surface area contributed by atoms with Gasteiger partial charge in [-0.3, -0.25) is 4.79 Å². The molecule has 0 aliphatic rings. The maximum absolute atomic E-state index is 12.2. The molecule has 0 saturated heterocycles. The lowest BCUT2D eigenvalue weighted by atomic mass is 10.2. The van der Waals surface area contributed by atoms with Crippen LogP contribution in [-0.2, 0) is 19.6 Å². The van der Waals surface area contributed by atoms with E-state index in [4.69, 9.17) is 16.3 Å². The van der Waals surface area contributed by atoms with Gasteiger partial charge in [-0.15, -0.1) is 0 Å². The molecule has 0 bridgehead atoms. The molecule has 2 rings (SSSR count). The predicted octanol–water partition coefficient (Wildman–Crippen LogP) is 2.17. The number of halogens is 1. The first-order valence-electron chi connectivity index (χ1n) is 7.77. The summed E-state index contributed by atoms with van der Waals surface area (Å²) in [5, 5.41) is 2.92. The van der Waals surface area contributed by atoms with E-state index >= 15 is 0 Å². The molecule has 2 aromatic rings. The van der Waals surface area contributed by atoms with E-state index < -0.39 is 28.0 Å². The van der Waals surface area contributed by atoms with Gasteiger partial charge in [0, 0.05) is 20.3 Å². The smallest absolute Gasteiger partial charge is 0.338 e. The van der Waals surface area contributed by atoms with Crippen LogP contribution in [0.3, 0.4) is 0 Å². The minimum absolute atomic E-state index is 0.0451. The Labute approximate surface area is 162 Å². The van der Waals surface area contributed by atoms with Gasteiger partial charge in [0.15, 0.2) is 6.10 Å². The first-order valence-corrected chi connectivity index (χ1v) is 9.59. The van der Waals surface area contributed by atoms with E-state index in [1.165, 1.54) is 57.5 Å². The second-order valence-electron chi connectivity index (χ2n) is 5.71. The van der Waals surface area contributed by atoms with Crippen molar-refractivity contribution in [3.63, 3.8) is 0 Å². The number of ether oxygens (including phenoxy) is 1. The lowest BCUT2D eigenvalue weighted by molar-refractivity contribution is -0.123. The van der Waals surface area contributed by atoms with E-state index in [2.05, 4.69) is 10.3 Å². The van der Waals surface area contributed by atoms with Crippen LogP contribution < -0.4 is 5.32 Å². The molecule has 8 nitrogen and oxygen atoms in total.